The van der Waals surface area contributed by atoms with Crippen molar-refractivity contribution in [3.63, 3.8) is 0 Å². The summed E-state index contributed by atoms with van der Waals surface area (Å²) in [4.78, 5) is 22.1. The average molecular weight is 275 g/mol. The van der Waals surface area contributed by atoms with E-state index in [4.69, 9.17) is 5.11 Å². The first-order valence-corrected chi connectivity index (χ1v) is 5.07. The van der Waals surface area contributed by atoms with Crippen molar-refractivity contribution < 1.29 is 28.2 Å². The van der Waals surface area contributed by atoms with Crippen LogP contribution in [0.3, 0.4) is 0 Å². The number of hydrogen-bond acceptors (Lipinski definition) is 4. The maximum atomic E-state index is 12.2. The molecule has 1 aromatic rings. The van der Waals surface area contributed by atoms with Crippen LogP contribution >= 0.6 is 0 Å². The lowest BCUT2D eigenvalue weighted by Gasteiger charge is -2.03. The molecule has 7 nitrogen and oxygen atoms in total. The lowest BCUT2D eigenvalue weighted by molar-refractivity contribution is 0.0697. The third-order valence-electron chi connectivity index (χ3n) is 1.87. The third-order valence-corrected chi connectivity index (χ3v) is 1.87. The molecule has 0 saturated carbocycles. The Bertz CT molecular complexity index is 487. The molecule has 0 atom stereocenters. The van der Waals surface area contributed by atoms with Crippen LogP contribution in [0.2, 0.25) is 0 Å². The maximum absolute atomic E-state index is 12.2. The minimum Gasteiger partial charge on any atom is -0.477 e. The zero-order valence-corrected chi connectivity index (χ0v) is 9.68. The molecule has 1 rings (SSSR count). The summed E-state index contributed by atoms with van der Waals surface area (Å²) in [5, 5.41) is 14.4. The molecule has 0 unspecified atom stereocenters. The predicted octanol–water partition coefficient (Wildman–Crippen LogP) is 1.58. The van der Waals surface area contributed by atoms with Gasteiger partial charge in [-0.1, -0.05) is 12.7 Å². The second-order valence-electron chi connectivity index (χ2n) is 3.32. The molecule has 1 amide bonds. The van der Waals surface area contributed by atoms with Crippen LogP contribution in [0.1, 0.15) is 10.4 Å². The van der Waals surface area contributed by atoms with Crippen LogP contribution in [0, 0.1) is 0 Å². The Morgan fingerprint density at radius 2 is 2.32 bits per heavy atom. The van der Waals surface area contributed by atoms with E-state index in [1.54, 1.807) is 0 Å². The van der Waals surface area contributed by atoms with Crippen molar-refractivity contribution in [2.24, 2.45) is 0 Å². The van der Waals surface area contributed by atoms with Crippen molar-refractivity contribution >= 4 is 17.9 Å². The maximum Gasteiger partial charge on any atom is 0.413 e. The standard InChI is InChI=1S/C10H11F2N3O4/c1-2-3-19-10(18)13-8-6(9(16)17)4-15(14-8)5-7(11)12/h2,4,7H,1,3,5H2,(H,16,17)(H,13,14,18). The number of nitrogens with one attached hydrogen (secondary N) is 1. The van der Waals surface area contributed by atoms with Gasteiger partial charge in [0.2, 0.25) is 0 Å². The van der Waals surface area contributed by atoms with Crippen molar-refractivity contribution in [2.45, 2.75) is 13.0 Å². The molecular weight excluding hydrogens is 264 g/mol. The Morgan fingerprint density at radius 3 is 2.84 bits per heavy atom. The molecule has 0 aliphatic carbocycles. The van der Waals surface area contributed by atoms with Crippen molar-refractivity contribution in [1.82, 2.24) is 9.78 Å². The second-order valence-corrected chi connectivity index (χ2v) is 3.32. The van der Waals surface area contributed by atoms with Crippen LogP contribution in [0.25, 0.3) is 0 Å². The molecule has 2 N–H and O–H groups in total. The van der Waals surface area contributed by atoms with Gasteiger partial charge in [0.05, 0.1) is 0 Å². The van der Waals surface area contributed by atoms with Crippen LogP contribution in [-0.2, 0) is 11.3 Å². The first kappa shape index (κ1) is 14.6. The van der Waals surface area contributed by atoms with Crippen LogP contribution in [0.4, 0.5) is 19.4 Å². The van der Waals surface area contributed by atoms with Gasteiger partial charge < -0.3 is 9.84 Å². The number of aromatic carboxylic acids is 1. The number of hydrogen-bond donors (Lipinski definition) is 2. The number of halogens is 2. The first-order chi connectivity index (χ1) is 8.93. The van der Waals surface area contributed by atoms with Gasteiger partial charge in [0.1, 0.15) is 18.7 Å². The number of aromatic nitrogens is 2. The van der Waals surface area contributed by atoms with E-state index < -0.39 is 30.6 Å². The van der Waals surface area contributed by atoms with Crippen LogP contribution in [-0.4, -0.2) is 40.0 Å². The van der Waals surface area contributed by atoms with E-state index in [1.165, 1.54) is 6.08 Å². The highest BCUT2D eigenvalue weighted by Crippen LogP contribution is 2.14. The highest BCUT2D eigenvalue weighted by Gasteiger charge is 2.19. The number of nitrogens with zero attached hydrogens (tertiary/aromatic N) is 2. The summed E-state index contributed by atoms with van der Waals surface area (Å²) in [6, 6.07) is 0. The lowest BCUT2D eigenvalue weighted by atomic mass is 10.3. The summed E-state index contributed by atoms with van der Waals surface area (Å²) in [7, 11) is 0. The van der Waals surface area contributed by atoms with E-state index in [0.717, 1.165) is 10.9 Å². The summed E-state index contributed by atoms with van der Waals surface area (Å²) < 4.78 is 29.6. The monoisotopic (exact) mass is 275 g/mol. The Morgan fingerprint density at radius 1 is 1.63 bits per heavy atom. The Hall–Kier alpha value is -2.45. The van der Waals surface area contributed by atoms with Gasteiger partial charge in [-0.15, -0.1) is 0 Å². The smallest absolute Gasteiger partial charge is 0.413 e. The number of carbonyl (C=O) groups is 2. The summed E-state index contributed by atoms with van der Waals surface area (Å²) >= 11 is 0. The average Bonchev–Trinajstić information content (AvgIpc) is 2.68. The van der Waals surface area contributed by atoms with Gasteiger partial charge >= 0.3 is 12.1 Å². The molecule has 0 fully saturated rings. The van der Waals surface area contributed by atoms with Gasteiger partial charge in [0.25, 0.3) is 6.43 Å². The Balaban J connectivity index is 2.85. The Kier molecular flexibility index (Phi) is 4.98. The van der Waals surface area contributed by atoms with E-state index in [9.17, 15) is 18.4 Å². The summed E-state index contributed by atoms with van der Waals surface area (Å²) in [6.45, 7) is 2.47. The fourth-order valence-corrected chi connectivity index (χ4v) is 1.17. The summed E-state index contributed by atoms with van der Waals surface area (Å²) in [6.07, 6.45) is -1.43. The SMILES string of the molecule is C=CCOC(=O)Nc1nn(CC(F)F)cc1C(=O)O. The van der Waals surface area contributed by atoms with E-state index in [-0.39, 0.29) is 12.4 Å². The largest absolute Gasteiger partial charge is 0.477 e. The number of carbonyl (C=O) groups excluding carboxylic acids is 1. The molecule has 19 heavy (non-hydrogen) atoms. The van der Waals surface area contributed by atoms with Crippen LogP contribution in [0.15, 0.2) is 18.9 Å². The molecule has 0 radical (unpaired) electrons. The number of anilines is 1. The number of carboxylic acids is 1. The second kappa shape index (κ2) is 6.47. The number of rotatable bonds is 6. The molecule has 0 saturated heterocycles. The van der Waals surface area contributed by atoms with Gasteiger partial charge in [-0.3, -0.25) is 10.00 Å². The van der Waals surface area contributed by atoms with E-state index in [2.05, 4.69) is 21.7 Å². The first-order valence-electron chi connectivity index (χ1n) is 5.07. The number of amides is 1. The summed E-state index contributed by atoms with van der Waals surface area (Å²) in [5.74, 6) is -1.76. The van der Waals surface area contributed by atoms with Crippen molar-refractivity contribution in [1.29, 1.82) is 0 Å². The molecule has 9 heteroatoms. The molecule has 1 heterocycles. The van der Waals surface area contributed by atoms with E-state index >= 15 is 0 Å². The van der Waals surface area contributed by atoms with Gasteiger partial charge in [-0.05, 0) is 0 Å². The van der Waals surface area contributed by atoms with E-state index in [0.29, 0.717) is 0 Å². The minimum atomic E-state index is -2.69. The number of ether oxygens (including phenoxy) is 1. The minimum absolute atomic E-state index is 0.0774. The van der Waals surface area contributed by atoms with Gasteiger partial charge in [0, 0.05) is 6.20 Å². The van der Waals surface area contributed by atoms with Crippen molar-refractivity contribution in [3.8, 4) is 0 Å². The zero-order valence-electron chi connectivity index (χ0n) is 9.68. The molecule has 0 aliphatic rings. The van der Waals surface area contributed by atoms with Crippen molar-refractivity contribution in [3.05, 3.63) is 24.4 Å². The fourth-order valence-electron chi connectivity index (χ4n) is 1.17. The highest BCUT2D eigenvalue weighted by atomic mass is 19.3. The third kappa shape index (κ3) is 4.37. The van der Waals surface area contributed by atoms with Gasteiger partial charge in [0.15, 0.2) is 5.82 Å². The fraction of sp³-hybridized carbons (Fsp3) is 0.300. The molecular formula is C10H11F2N3O4. The van der Waals surface area contributed by atoms with Crippen LogP contribution < -0.4 is 5.32 Å². The molecule has 104 valence electrons. The molecule has 1 aromatic heterocycles. The quantitative estimate of drug-likeness (QED) is 0.769. The molecule has 0 aliphatic heterocycles. The zero-order chi connectivity index (χ0) is 14.4. The summed E-state index contributed by atoms with van der Waals surface area (Å²) in [5.41, 5.74) is -0.406. The number of carboxylic acid groups (broad SMARTS) is 1. The van der Waals surface area contributed by atoms with Gasteiger partial charge in [-0.2, -0.15) is 5.10 Å². The predicted molar refractivity (Wildman–Crippen MR) is 60.4 cm³/mol. The Labute approximate surface area is 106 Å². The topological polar surface area (TPSA) is 93.5 Å². The normalized spacial score (nSPS) is 10.3. The highest BCUT2D eigenvalue weighted by molar-refractivity contribution is 5.97. The van der Waals surface area contributed by atoms with Crippen LogP contribution in [0.5, 0.6) is 0 Å². The lowest BCUT2D eigenvalue weighted by Crippen LogP contribution is -2.16. The molecule has 0 bridgehead atoms. The van der Waals surface area contributed by atoms with Gasteiger partial charge in [-0.25, -0.2) is 18.4 Å². The van der Waals surface area contributed by atoms with Crippen molar-refractivity contribution in [2.75, 3.05) is 11.9 Å². The van der Waals surface area contributed by atoms with E-state index in [1.807, 2.05) is 0 Å². The molecule has 0 spiro atoms. The number of alkyl halides is 2. The molecule has 0 aromatic carbocycles.